The molecule has 7 heteroatoms. The third kappa shape index (κ3) is 3.38. The van der Waals surface area contributed by atoms with E-state index in [0.29, 0.717) is 0 Å². The average Bonchev–Trinajstić information content (AvgIpc) is 2.29. The Bertz CT molecular complexity index is 463. The van der Waals surface area contributed by atoms with Crippen LogP contribution in [-0.2, 0) is 10.7 Å². The molecule has 0 atom stereocenters. The van der Waals surface area contributed by atoms with Gasteiger partial charge in [0.25, 0.3) is 5.92 Å². The number of methoxy groups -OCH3 is 1. The van der Waals surface area contributed by atoms with E-state index < -0.39 is 36.1 Å². The predicted molar refractivity (Wildman–Crippen MR) is 61.4 cm³/mol. The van der Waals surface area contributed by atoms with E-state index in [1.807, 2.05) is 0 Å². The highest BCUT2D eigenvalue weighted by molar-refractivity contribution is 9.10. The minimum atomic E-state index is -3.40. The number of carboxylic acids is 1. The van der Waals surface area contributed by atoms with Crippen molar-refractivity contribution in [3.8, 4) is 5.75 Å². The molecule has 0 aliphatic carbocycles. The van der Waals surface area contributed by atoms with Crippen LogP contribution in [0.3, 0.4) is 0 Å². The van der Waals surface area contributed by atoms with Crippen LogP contribution in [0.25, 0.3) is 0 Å². The zero-order valence-corrected chi connectivity index (χ0v) is 10.9. The smallest absolute Gasteiger partial charge is 0.303 e. The van der Waals surface area contributed by atoms with E-state index in [-0.39, 0.29) is 10.2 Å². The van der Waals surface area contributed by atoms with Crippen LogP contribution in [0.4, 0.5) is 13.2 Å². The van der Waals surface area contributed by atoms with E-state index in [0.717, 1.165) is 19.2 Å². The summed E-state index contributed by atoms with van der Waals surface area (Å²) in [5, 5.41) is 8.42. The molecule has 0 aliphatic heterocycles. The summed E-state index contributed by atoms with van der Waals surface area (Å²) in [6.07, 6.45) is -1.57. The van der Waals surface area contributed by atoms with E-state index in [4.69, 9.17) is 5.11 Å². The van der Waals surface area contributed by atoms with Crippen molar-refractivity contribution in [2.24, 2.45) is 0 Å². The standard InChI is InChI=1S/C11H10BrF3O3/c1-18-9-5-8(13)7(12)4-6(9)11(14,15)3-2-10(16)17/h4-5H,2-3H2,1H3,(H,16,17). The van der Waals surface area contributed by atoms with Crippen LogP contribution >= 0.6 is 15.9 Å². The maximum absolute atomic E-state index is 13.8. The largest absolute Gasteiger partial charge is 0.496 e. The van der Waals surface area contributed by atoms with E-state index in [1.54, 1.807) is 0 Å². The van der Waals surface area contributed by atoms with Crippen molar-refractivity contribution in [3.63, 3.8) is 0 Å². The number of ether oxygens (including phenoxy) is 1. The highest BCUT2D eigenvalue weighted by Gasteiger charge is 2.36. The van der Waals surface area contributed by atoms with E-state index in [1.165, 1.54) is 0 Å². The fourth-order valence-corrected chi connectivity index (χ4v) is 1.73. The molecule has 0 saturated heterocycles. The van der Waals surface area contributed by atoms with Gasteiger partial charge in [0.1, 0.15) is 11.6 Å². The van der Waals surface area contributed by atoms with E-state index >= 15 is 0 Å². The van der Waals surface area contributed by atoms with Gasteiger partial charge < -0.3 is 9.84 Å². The van der Waals surface area contributed by atoms with Crippen molar-refractivity contribution in [1.82, 2.24) is 0 Å². The van der Waals surface area contributed by atoms with Crippen LogP contribution in [0.2, 0.25) is 0 Å². The molecular weight excluding hydrogens is 317 g/mol. The molecule has 3 nitrogen and oxygen atoms in total. The lowest BCUT2D eigenvalue weighted by Gasteiger charge is -2.19. The SMILES string of the molecule is COc1cc(F)c(Br)cc1C(F)(F)CCC(=O)O. The molecule has 0 unspecified atom stereocenters. The van der Waals surface area contributed by atoms with Crippen molar-refractivity contribution in [2.75, 3.05) is 7.11 Å². The third-order valence-corrected chi connectivity index (χ3v) is 2.90. The molecule has 1 aromatic rings. The van der Waals surface area contributed by atoms with E-state index in [9.17, 15) is 18.0 Å². The maximum atomic E-state index is 13.8. The van der Waals surface area contributed by atoms with Crippen molar-refractivity contribution >= 4 is 21.9 Å². The molecular formula is C11H10BrF3O3. The second kappa shape index (κ2) is 5.60. The maximum Gasteiger partial charge on any atom is 0.303 e. The Hall–Kier alpha value is -1.24. The van der Waals surface area contributed by atoms with Gasteiger partial charge in [-0.2, -0.15) is 0 Å². The van der Waals surface area contributed by atoms with Crippen LogP contribution in [0.1, 0.15) is 18.4 Å². The van der Waals surface area contributed by atoms with Gasteiger partial charge in [0.05, 0.1) is 23.6 Å². The first-order chi connectivity index (χ1) is 8.27. The molecule has 0 aliphatic rings. The molecule has 100 valence electrons. The summed E-state index contributed by atoms with van der Waals surface area (Å²) in [5.41, 5.74) is -0.542. The monoisotopic (exact) mass is 326 g/mol. The molecule has 0 bridgehead atoms. The normalized spacial score (nSPS) is 11.4. The summed E-state index contributed by atoms with van der Waals surface area (Å²) in [4.78, 5) is 10.3. The summed E-state index contributed by atoms with van der Waals surface area (Å²) in [6.45, 7) is 0. The van der Waals surface area contributed by atoms with Gasteiger partial charge in [-0.1, -0.05) is 0 Å². The Morgan fingerprint density at radius 3 is 2.61 bits per heavy atom. The predicted octanol–water partition coefficient (Wildman–Crippen LogP) is 3.55. The number of carbonyl (C=O) groups is 1. The molecule has 1 aromatic carbocycles. The zero-order chi connectivity index (χ0) is 13.9. The van der Waals surface area contributed by atoms with Crippen LogP contribution in [0, 0.1) is 5.82 Å². The number of benzene rings is 1. The molecule has 0 spiro atoms. The van der Waals surface area contributed by atoms with Crippen molar-refractivity contribution < 1.29 is 27.8 Å². The van der Waals surface area contributed by atoms with Gasteiger partial charge >= 0.3 is 5.97 Å². The third-order valence-electron chi connectivity index (χ3n) is 2.29. The molecule has 0 fully saturated rings. The highest BCUT2D eigenvalue weighted by Crippen LogP contribution is 2.40. The van der Waals surface area contributed by atoms with E-state index in [2.05, 4.69) is 20.7 Å². The number of rotatable bonds is 5. The van der Waals surface area contributed by atoms with Crippen molar-refractivity contribution in [3.05, 3.63) is 28.0 Å². The van der Waals surface area contributed by atoms with Crippen molar-refractivity contribution in [1.29, 1.82) is 0 Å². The molecule has 0 heterocycles. The van der Waals surface area contributed by atoms with Gasteiger partial charge in [-0.3, -0.25) is 4.79 Å². The van der Waals surface area contributed by atoms with Crippen LogP contribution in [-0.4, -0.2) is 18.2 Å². The minimum absolute atomic E-state index is 0.131. The summed E-state index contributed by atoms with van der Waals surface area (Å²) in [5.74, 6) is -5.77. The van der Waals surface area contributed by atoms with Crippen molar-refractivity contribution in [2.45, 2.75) is 18.8 Å². The molecule has 0 aromatic heterocycles. The number of carboxylic acid groups (broad SMARTS) is 1. The van der Waals surface area contributed by atoms with Gasteiger partial charge in [-0.05, 0) is 22.0 Å². The Morgan fingerprint density at radius 1 is 1.50 bits per heavy atom. The summed E-state index contributed by atoms with van der Waals surface area (Å²) < 4.78 is 45.3. The van der Waals surface area contributed by atoms with Gasteiger partial charge in [0.2, 0.25) is 0 Å². The van der Waals surface area contributed by atoms with Crippen LogP contribution < -0.4 is 4.74 Å². The average molecular weight is 327 g/mol. The molecule has 1 N–H and O–H groups in total. The topological polar surface area (TPSA) is 46.5 Å². The zero-order valence-electron chi connectivity index (χ0n) is 9.34. The lowest BCUT2D eigenvalue weighted by Crippen LogP contribution is -2.17. The minimum Gasteiger partial charge on any atom is -0.496 e. The lowest BCUT2D eigenvalue weighted by atomic mass is 10.0. The lowest BCUT2D eigenvalue weighted by molar-refractivity contribution is -0.139. The number of alkyl halides is 2. The first-order valence-corrected chi connectivity index (χ1v) is 5.70. The molecule has 18 heavy (non-hydrogen) atoms. The van der Waals surface area contributed by atoms with Crippen LogP contribution in [0.15, 0.2) is 16.6 Å². The Balaban J connectivity index is 3.13. The molecule has 0 radical (unpaired) electrons. The first kappa shape index (κ1) is 14.8. The Kier molecular flexibility index (Phi) is 4.61. The Morgan fingerprint density at radius 2 is 2.11 bits per heavy atom. The quantitative estimate of drug-likeness (QED) is 0.900. The second-order valence-corrected chi connectivity index (χ2v) is 4.42. The van der Waals surface area contributed by atoms with Gasteiger partial charge in [0, 0.05) is 12.5 Å². The number of aliphatic carboxylic acids is 1. The highest BCUT2D eigenvalue weighted by atomic mass is 79.9. The fraction of sp³-hybridized carbons (Fsp3) is 0.364. The fourth-order valence-electron chi connectivity index (χ4n) is 1.38. The molecule has 0 amide bonds. The summed E-state index contributed by atoms with van der Waals surface area (Å²) in [6, 6.07) is 1.73. The molecule has 1 rings (SSSR count). The Labute approximate surface area is 110 Å². The van der Waals surface area contributed by atoms with Gasteiger partial charge in [-0.15, -0.1) is 0 Å². The van der Waals surface area contributed by atoms with Crippen LogP contribution in [0.5, 0.6) is 5.75 Å². The van der Waals surface area contributed by atoms with Gasteiger partial charge in [-0.25, -0.2) is 13.2 Å². The molecule has 0 saturated carbocycles. The number of hydrogen-bond acceptors (Lipinski definition) is 2. The number of halogens is 4. The van der Waals surface area contributed by atoms with Gasteiger partial charge in [0.15, 0.2) is 0 Å². The second-order valence-electron chi connectivity index (χ2n) is 3.56. The first-order valence-electron chi connectivity index (χ1n) is 4.91. The summed E-state index contributed by atoms with van der Waals surface area (Å²) in [7, 11) is 1.14. The number of hydrogen-bond donors (Lipinski definition) is 1. The summed E-state index contributed by atoms with van der Waals surface area (Å²) >= 11 is 2.80.